The molecule has 0 aliphatic heterocycles. The fraction of sp³-hybridized carbons (Fsp3) is 0.118. The Morgan fingerprint density at radius 1 is 0.800 bits per heavy atom. The normalized spacial score (nSPS) is 11.9. The van der Waals surface area contributed by atoms with Gasteiger partial charge >= 0.3 is 0 Å². The summed E-state index contributed by atoms with van der Waals surface area (Å²) in [5, 5.41) is 5.23. The predicted octanol–water partition coefficient (Wildman–Crippen LogP) is 6.10. The number of nitrogens with two attached hydrogens (primary N) is 2. The molecule has 0 aliphatic carbocycles. The van der Waals surface area contributed by atoms with Gasteiger partial charge in [0.25, 0.3) is 0 Å². The summed E-state index contributed by atoms with van der Waals surface area (Å²) in [6, 6.07) is 42.8. The Morgan fingerprint density at radius 3 is 1.68 bits per heavy atom. The Morgan fingerprint density at radius 2 is 1.25 bits per heavy atom. The second-order valence-electron chi connectivity index (χ2n) is 9.78. The van der Waals surface area contributed by atoms with Crippen molar-refractivity contribution in [3.63, 3.8) is 0 Å². The molecule has 0 amide bonds. The summed E-state index contributed by atoms with van der Waals surface area (Å²) in [7, 11) is 1.71. The van der Waals surface area contributed by atoms with Crippen molar-refractivity contribution in [1.29, 1.82) is 0 Å². The number of aromatic nitrogens is 1. The molecule has 1 heterocycles. The number of aldehydes is 1. The standard InChI is InChI=1S/C34H33N5O/c1-39(36)33-32(35)30(29(22-23-40)25-14-6-2-7-15-25)24-31(37-33)38-34(26-16-8-3-9-17-26,27-18-10-4-11-19-27)28-20-12-5-13-21-28/h2-21,23-24,29H,22,35-36H2,1H3,(H,37,38). The number of hydrogen-bond acceptors (Lipinski definition) is 6. The van der Waals surface area contributed by atoms with Crippen LogP contribution in [0.1, 0.15) is 40.2 Å². The van der Waals surface area contributed by atoms with Gasteiger partial charge in [-0.2, -0.15) is 0 Å². The number of anilines is 3. The maximum absolute atomic E-state index is 11.9. The van der Waals surface area contributed by atoms with Crippen LogP contribution in [0.2, 0.25) is 0 Å². The number of rotatable bonds is 10. The molecule has 6 heteroatoms. The molecule has 0 saturated carbocycles. The smallest absolute Gasteiger partial charge is 0.168 e. The van der Waals surface area contributed by atoms with E-state index in [2.05, 4.69) is 41.7 Å². The topological polar surface area (TPSA) is 97.3 Å². The van der Waals surface area contributed by atoms with Gasteiger partial charge in [-0.25, -0.2) is 10.8 Å². The Labute approximate surface area is 235 Å². The average Bonchev–Trinajstić information content (AvgIpc) is 3.01. The van der Waals surface area contributed by atoms with Crippen LogP contribution >= 0.6 is 0 Å². The lowest BCUT2D eigenvalue weighted by Gasteiger charge is -2.38. The first kappa shape index (κ1) is 26.7. The van der Waals surface area contributed by atoms with E-state index in [1.807, 2.05) is 91.0 Å². The van der Waals surface area contributed by atoms with Crippen LogP contribution in [0.25, 0.3) is 0 Å². The molecule has 5 N–H and O–H groups in total. The van der Waals surface area contributed by atoms with Crippen LogP contribution in [0, 0.1) is 0 Å². The number of carbonyl (C=O) groups is 1. The molecule has 0 fully saturated rings. The van der Waals surface area contributed by atoms with E-state index in [1.165, 1.54) is 5.01 Å². The fourth-order valence-electron chi connectivity index (χ4n) is 5.38. The van der Waals surface area contributed by atoms with Gasteiger partial charge in [-0.05, 0) is 33.9 Å². The second kappa shape index (κ2) is 11.8. The van der Waals surface area contributed by atoms with Crippen LogP contribution in [0.3, 0.4) is 0 Å². The lowest BCUT2D eigenvalue weighted by molar-refractivity contribution is -0.108. The summed E-state index contributed by atoms with van der Waals surface area (Å²) in [4.78, 5) is 16.8. The van der Waals surface area contributed by atoms with Gasteiger partial charge in [0.15, 0.2) is 5.82 Å². The highest BCUT2D eigenvalue weighted by Gasteiger charge is 2.37. The highest BCUT2D eigenvalue weighted by atomic mass is 16.1. The maximum Gasteiger partial charge on any atom is 0.168 e. The lowest BCUT2D eigenvalue weighted by Crippen LogP contribution is -2.39. The summed E-state index contributed by atoms with van der Waals surface area (Å²) in [6.45, 7) is 0. The van der Waals surface area contributed by atoms with E-state index in [-0.39, 0.29) is 12.3 Å². The van der Waals surface area contributed by atoms with E-state index in [0.717, 1.165) is 34.1 Å². The zero-order chi connectivity index (χ0) is 28.0. The number of nitrogen functional groups attached to an aromatic ring is 1. The summed E-state index contributed by atoms with van der Waals surface area (Å²) in [5.74, 6) is 7.00. The SMILES string of the molecule is CN(N)c1nc(NC(c2ccccc2)(c2ccccc2)c2ccccc2)cc(C(CC=O)c2ccccc2)c1N. The lowest BCUT2D eigenvalue weighted by atomic mass is 9.77. The van der Waals surface area contributed by atoms with Gasteiger partial charge in [0.2, 0.25) is 0 Å². The van der Waals surface area contributed by atoms with E-state index >= 15 is 0 Å². The monoisotopic (exact) mass is 527 g/mol. The van der Waals surface area contributed by atoms with Crippen molar-refractivity contribution in [2.45, 2.75) is 17.9 Å². The minimum absolute atomic E-state index is 0.263. The van der Waals surface area contributed by atoms with Gasteiger partial charge in [-0.3, -0.25) is 5.01 Å². The first-order chi connectivity index (χ1) is 19.5. The molecule has 40 heavy (non-hydrogen) atoms. The number of hydrogen-bond donors (Lipinski definition) is 3. The minimum Gasteiger partial charge on any atom is -0.395 e. The van der Waals surface area contributed by atoms with Gasteiger partial charge in [-0.1, -0.05) is 121 Å². The molecular formula is C34H33N5O. The van der Waals surface area contributed by atoms with Crippen LogP contribution < -0.4 is 21.9 Å². The third-order valence-corrected chi connectivity index (χ3v) is 7.25. The van der Waals surface area contributed by atoms with E-state index in [9.17, 15) is 4.79 Å². The van der Waals surface area contributed by atoms with E-state index in [1.54, 1.807) is 7.05 Å². The molecule has 5 aromatic rings. The second-order valence-corrected chi connectivity index (χ2v) is 9.78. The van der Waals surface area contributed by atoms with Gasteiger partial charge in [0, 0.05) is 19.4 Å². The van der Waals surface area contributed by atoms with Crippen molar-refractivity contribution in [1.82, 2.24) is 4.98 Å². The van der Waals surface area contributed by atoms with E-state index in [0.29, 0.717) is 17.3 Å². The largest absolute Gasteiger partial charge is 0.395 e. The van der Waals surface area contributed by atoms with Crippen LogP contribution in [0.4, 0.5) is 17.3 Å². The number of pyridine rings is 1. The molecule has 5 rings (SSSR count). The van der Waals surface area contributed by atoms with Crippen LogP contribution in [-0.4, -0.2) is 18.3 Å². The quantitative estimate of drug-likeness (QED) is 0.0879. The van der Waals surface area contributed by atoms with Crippen molar-refractivity contribution in [3.8, 4) is 0 Å². The Balaban J connectivity index is 1.77. The molecule has 0 spiro atoms. The third-order valence-electron chi connectivity index (χ3n) is 7.25. The summed E-state index contributed by atoms with van der Waals surface area (Å²) < 4.78 is 0. The van der Waals surface area contributed by atoms with Crippen LogP contribution in [0.15, 0.2) is 127 Å². The summed E-state index contributed by atoms with van der Waals surface area (Å²) in [6.07, 6.45) is 1.20. The highest BCUT2D eigenvalue weighted by Crippen LogP contribution is 2.42. The van der Waals surface area contributed by atoms with Crippen LogP contribution in [0.5, 0.6) is 0 Å². The van der Waals surface area contributed by atoms with Gasteiger partial charge < -0.3 is 15.8 Å². The molecule has 0 aliphatic rings. The number of nitrogens with zero attached hydrogens (tertiary/aromatic N) is 2. The van der Waals surface area contributed by atoms with Gasteiger partial charge in [0.1, 0.15) is 17.6 Å². The molecule has 0 saturated heterocycles. The molecule has 0 radical (unpaired) electrons. The van der Waals surface area contributed by atoms with Crippen molar-refractivity contribution in [2.24, 2.45) is 5.84 Å². The molecule has 4 aromatic carbocycles. The molecule has 200 valence electrons. The zero-order valence-corrected chi connectivity index (χ0v) is 22.4. The number of benzene rings is 4. The third kappa shape index (κ3) is 5.17. The zero-order valence-electron chi connectivity index (χ0n) is 22.4. The highest BCUT2D eigenvalue weighted by molar-refractivity contribution is 5.73. The van der Waals surface area contributed by atoms with Crippen molar-refractivity contribution >= 4 is 23.6 Å². The van der Waals surface area contributed by atoms with Crippen molar-refractivity contribution < 1.29 is 4.79 Å². The fourth-order valence-corrected chi connectivity index (χ4v) is 5.38. The number of carbonyl (C=O) groups excluding carboxylic acids is 1. The first-order valence-corrected chi connectivity index (χ1v) is 13.3. The Kier molecular flexibility index (Phi) is 7.89. The predicted molar refractivity (Wildman–Crippen MR) is 163 cm³/mol. The molecular weight excluding hydrogens is 494 g/mol. The van der Waals surface area contributed by atoms with Crippen LogP contribution in [-0.2, 0) is 10.3 Å². The van der Waals surface area contributed by atoms with Crippen molar-refractivity contribution in [2.75, 3.05) is 23.1 Å². The average molecular weight is 528 g/mol. The minimum atomic E-state index is -0.790. The molecule has 6 nitrogen and oxygen atoms in total. The molecule has 1 unspecified atom stereocenters. The molecule has 1 atom stereocenters. The van der Waals surface area contributed by atoms with Gasteiger partial charge in [-0.15, -0.1) is 0 Å². The Bertz CT molecular complexity index is 1450. The van der Waals surface area contributed by atoms with Gasteiger partial charge in [0.05, 0.1) is 5.69 Å². The Hall–Kier alpha value is -4.94. The van der Waals surface area contributed by atoms with Crippen molar-refractivity contribution in [3.05, 3.63) is 155 Å². The molecule has 1 aromatic heterocycles. The summed E-state index contributed by atoms with van der Waals surface area (Å²) >= 11 is 0. The number of hydrazine groups is 1. The maximum atomic E-state index is 11.9. The first-order valence-electron chi connectivity index (χ1n) is 13.3. The number of nitrogens with one attached hydrogen (secondary N) is 1. The van der Waals surface area contributed by atoms with E-state index in [4.69, 9.17) is 16.6 Å². The summed E-state index contributed by atoms with van der Waals surface area (Å²) in [5.41, 5.74) is 11.2. The molecule has 0 bridgehead atoms. The van der Waals surface area contributed by atoms with E-state index < -0.39 is 5.54 Å².